The molecule has 20 heavy (non-hydrogen) atoms. The second kappa shape index (κ2) is 6.07. The summed E-state index contributed by atoms with van der Waals surface area (Å²) in [4.78, 5) is 2.67. The van der Waals surface area contributed by atoms with Crippen molar-refractivity contribution < 1.29 is 0 Å². The van der Waals surface area contributed by atoms with Crippen LogP contribution >= 0.6 is 15.9 Å². The molecule has 3 atom stereocenters. The standard InChI is InChI=1S/C17H25BrN2/c1-12(19)15-11-14(18)8-9-17(15)20-10-4-6-13-5-2-3-7-16(13)20/h8-9,11-13,16H,2-7,10,19H2,1H3/t12?,13-,16-/m1/s1. The molecule has 3 heteroatoms. The van der Waals surface area contributed by atoms with Crippen LogP contribution in [0.25, 0.3) is 0 Å². The Hall–Kier alpha value is -0.540. The van der Waals surface area contributed by atoms with Gasteiger partial charge >= 0.3 is 0 Å². The second-order valence-electron chi connectivity index (χ2n) is 6.44. The van der Waals surface area contributed by atoms with Crippen LogP contribution in [0.1, 0.15) is 57.1 Å². The fourth-order valence-corrected chi connectivity index (χ4v) is 4.45. The Kier molecular flexibility index (Phi) is 4.37. The zero-order chi connectivity index (χ0) is 14.1. The van der Waals surface area contributed by atoms with Crippen molar-refractivity contribution in [3.05, 3.63) is 28.2 Å². The fraction of sp³-hybridized carbons (Fsp3) is 0.647. The van der Waals surface area contributed by atoms with Crippen LogP contribution < -0.4 is 10.6 Å². The van der Waals surface area contributed by atoms with E-state index in [1.165, 1.54) is 56.3 Å². The van der Waals surface area contributed by atoms with E-state index in [4.69, 9.17) is 5.73 Å². The van der Waals surface area contributed by atoms with Gasteiger partial charge in [0.25, 0.3) is 0 Å². The van der Waals surface area contributed by atoms with Crippen LogP contribution in [0.3, 0.4) is 0 Å². The normalized spacial score (nSPS) is 28.1. The third-order valence-electron chi connectivity index (χ3n) is 5.03. The highest BCUT2D eigenvalue weighted by Gasteiger charge is 2.34. The molecule has 3 rings (SSSR count). The van der Waals surface area contributed by atoms with E-state index in [0.717, 1.165) is 16.4 Å². The minimum atomic E-state index is 0.0893. The highest BCUT2D eigenvalue weighted by Crippen LogP contribution is 2.40. The molecule has 1 unspecified atom stereocenters. The first-order valence-electron chi connectivity index (χ1n) is 7.98. The van der Waals surface area contributed by atoms with Gasteiger partial charge in [-0.3, -0.25) is 0 Å². The zero-order valence-corrected chi connectivity index (χ0v) is 13.9. The average Bonchev–Trinajstić information content (AvgIpc) is 2.46. The monoisotopic (exact) mass is 336 g/mol. The molecular formula is C17H25BrN2. The van der Waals surface area contributed by atoms with Gasteiger partial charge in [0, 0.05) is 28.8 Å². The molecular weight excluding hydrogens is 312 g/mol. The maximum absolute atomic E-state index is 6.21. The molecule has 0 bridgehead atoms. The van der Waals surface area contributed by atoms with Gasteiger partial charge < -0.3 is 10.6 Å². The van der Waals surface area contributed by atoms with E-state index in [-0.39, 0.29) is 6.04 Å². The number of benzene rings is 1. The zero-order valence-electron chi connectivity index (χ0n) is 12.3. The lowest BCUT2D eigenvalue weighted by Crippen LogP contribution is -2.47. The molecule has 1 aliphatic heterocycles. The summed E-state index contributed by atoms with van der Waals surface area (Å²) in [6, 6.07) is 7.46. The third kappa shape index (κ3) is 2.75. The molecule has 1 saturated heterocycles. The Morgan fingerprint density at radius 3 is 2.75 bits per heavy atom. The van der Waals surface area contributed by atoms with Gasteiger partial charge in [0.2, 0.25) is 0 Å². The molecule has 1 heterocycles. The predicted molar refractivity (Wildman–Crippen MR) is 89.1 cm³/mol. The summed E-state index contributed by atoms with van der Waals surface area (Å²) >= 11 is 3.58. The first kappa shape index (κ1) is 14.4. The van der Waals surface area contributed by atoms with Crippen LogP contribution in [0.15, 0.2) is 22.7 Å². The molecule has 0 radical (unpaired) electrons. The number of piperidine rings is 1. The summed E-state index contributed by atoms with van der Waals surface area (Å²) in [7, 11) is 0. The first-order chi connectivity index (χ1) is 9.66. The molecule has 2 N–H and O–H groups in total. The lowest BCUT2D eigenvalue weighted by molar-refractivity contribution is 0.243. The van der Waals surface area contributed by atoms with Gasteiger partial charge in [0.1, 0.15) is 0 Å². The van der Waals surface area contributed by atoms with Gasteiger partial charge in [0.15, 0.2) is 0 Å². The summed E-state index contributed by atoms with van der Waals surface area (Å²) in [5.41, 5.74) is 8.87. The van der Waals surface area contributed by atoms with Gasteiger partial charge in [-0.25, -0.2) is 0 Å². The maximum Gasteiger partial charge on any atom is 0.0417 e. The molecule has 1 aromatic rings. The number of hydrogen-bond acceptors (Lipinski definition) is 2. The molecule has 110 valence electrons. The number of fused-ring (bicyclic) bond motifs is 1. The largest absolute Gasteiger partial charge is 0.368 e. The van der Waals surface area contributed by atoms with Gasteiger partial charge in [-0.1, -0.05) is 28.8 Å². The fourth-order valence-electron chi connectivity index (χ4n) is 4.08. The second-order valence-corrected chi connectivity index (χ2v) is 7.35. The van der Waals surface area contributed by atoms with E-state index in [1.54, 1.807) is 0 Å². The van der Waals surface area contributed by atoms with Crippen LogP contribution in [0.5, 0.6) is 0 Å². The van der Waals surface area contributed by atoms with Crippen molar-refractivity contribution in [1.29, 1.82) is 0 Å². The maximum atomic E-state index is 6.21. The molecule has 0 spiro atoms. The van der Waals surface area contributed by atoms with Crippen LogP contribution in [0.4, 0.5) is 5.69 Å². The van der Waals surface area contributed by atoms with Gasteiger partial charge in [-0.05, 0) is 62.3 Å². The van der Waals surface area contributed by atoms with E-state index in [1.807, 2.05) is 0 Å². The predicted octanol–water partition coefficient (Wildman–Crippen LogP) is 4.63. The van der Waals surface area contributed by atoms with E-state index in [2.05, 4.69) is 46.0 Å². The summed E-state index contributed by atoms with van der Waals surface area (Å²) < 4.78 is 1.13. The van der Waals surface area contributed by atoms with Crippen molar-refractivity contribution >= 4 is 21.6 Å². The average molecular weight is 337 g/mol. The lowest BCUT2D eigenvalue weighted by Gasteiger charge is -2.46. The quantitative estimate of drug-likeness (QED) is 0.853. The molecule has 0 aromatic heterocycles. The van der Waals surface area contributed by atoms with Gasteiger partial charge in [-0.15, -0.1) is 0 Å². The number of anilines is 1. The van der Waals surface area contributed by atoms with E-state index in [9.17, 15) is 0 Å². The molecule has 2 nitrogen and oxygen atoms in total. The Bertz CT molecular complexity index is 470. The van der Waals surface area contributed by atoms with Crippen LogP contribution in [-0.4, -0.2) is 12.6 Å². The summed E-state index contributed by atoms with van der Waals surface area (Å²) in [6.45, 7) is 3.29. The van der Waals surface area contributed by atoms with E-state index < -0.39 is 0 Å². The van der Waals surface area contributed by atoms with Crippen molar-refractivity contribution in [2.75, 3.05) is 11.4 Å². The Morgan fingerprint density at radius 2 is 1.95 bits per heavy atom. The van der Waals surface area contributed by atoms with Crippen molar-refractivity contribution in [2.45, 2.75) is 57.5 Å². The first-order valence-corrected chi connectivity index (χ1v) is 8.78. The van der Waals surface area contributed by atoms with Gasteiger partial charge in [-0.2, -0.15) is 0 Å². The number of nitrogens with two attached hydrogens (primary N) is 1. The SMILES string of the molecule is CC(N)c1cc(Br)ccc1N1CCC[C@H]2CCCC[C@H]21. The van der Waals surface area contributed by atoms with Crippen LogP contribution in [-0.2, 0) is 0 Å². The van der Waals surface area contributed by atoms with Crippen LogP contribution in [0, 0.1) is 5.92 Å². The molecule has 1 aromatic carbocycles. The smallest absolute Gasteiger partial charge is 0.0417 e. The van der Waals surface area contributed by atoms with Crippen molar-refractivity contribution in [3.63, 3.8) is 0 Å². The summed E-state index contributed by atoms with van der Waals surface area (Å²) in [5, 5.41) is 0. The lowest BCUT2D eigenvalue weighted by atomic mass is 9.78. The third-order valence-corrected chi connectivity index (χ3v) is 5.53. The minimum absolute atomic E-state index is 0.0893. The molecule has 2 aliphatic rings. The number of rotatable bonds is 2. The van der Waals surface area contributed by atoms with Crippen molar-refractivity contribution in [3.8, 4) is 0 Å². The molecule has 2 fully saturated rings. The molecule has 1 aliphatic carbocycles. The van der Waals surface area contributed by atoms with Crippen molar-refractivity contribution in [1.82, 2.24) is 0 Å². The highest BCUT2D eigenvalue weighted by atomic mass is 79.9. The Labute approximate surface area is 130 Å². The van der Waals surface area contributed by atoms with Gasteiger partial charge in [0.05, 0.1) is 0 Å². The number of halogens is 1. The topological polar surface area (TPSA) is 29.3 Å². The summed E-state index contributed by atoms with van der Waals surface area (Å²) in [6.07, 6.45) is 8.35. The van der Waals surface area contributed by atoms with Crippen LogP contribution in [0.2, 0.25) is 0 Å². The number of nitrogens with zero attached hydrogens (tertiary/aromatic N) is 1. The molecule has 1 saturated carbocycles. The van der Waals surface area contributed by atoms with E-state index in [0.29, 0.717) is 0 Å². The Morgan fingerprint density at radius 1 is 1.20 bits per heavy atom. The minimum Gasteiger partial charge on any atom is -0.368 e. The van der Waals surface area contributed by atoms with E-state index >= 15 is 0 Å². The van der Waals surface area contributed by atoms with Crippen molar-refractivity contribution in [2.24, 2.45) is 11.7 Å². The Balaban J connectivity index is 1.94. The molecule has 0 amide bonds. The summed E-state index contributed by atoms with van der Waals surface area (Å²) in [5.74, 6) is 0.905. The number of hydrogen-bond donors (Lipinski definition) is 1. The highest BCUT2D eigenvalue weighted by molar-refractivity contribution is 9.10.